The van der Waals surface area contributed by atoms with Gasteiger partial charge in [0.15, 0.2) is 11.3 Å². The van der Waals surface area contributed by atoms with E-state index in [1.54, 1.807) is 17.5 Å². The summed E-state index contributed by atoms with van der Waals surface area (Å²) in [6.45, 7) is 4.10. The minimum absolute atomic E-state index is 0.128. The van der Waals surface area contributed by atoms with Crippen molar-refractivity contribution in [3.63, 3.8) is 0 Å². The Kier molecular flexibility index (Phi) is 4.96. The molecule has 25 heavy (non-hydrogen) atoms. The second-order valence-corrected chi connectivity index (χ2v) is 5.91. The predicted molar refractivity (Wildman–Crippen MR) is 92.9 cm³/mol. The molecule has 130 valence electrons. The number of ether oxygens (including phenoxy) is 2. The highest BCUT2D eigenvalue weighted by atomic mass is 35.5. The van der Waals surface area contributed by atoms with Gasteiger partial charge in [0.2, 0.25) is 0 Å². The molecule has 3 aromatic rings. The first-order chi connectivity index (χ1) is 12.0. The van der Waals surface area contributed by atoms with Crippen molar-refractivity contribution in [3.05, 3.63) is 46.4 Å². The molecular weight excluding hydrogens is 344 g/mol. The third-order valence-corrected chi connectivity index (χ3v) is 4.00. The predicted octanol–water partition coefficient (Wildman–Crippen LogP) is 2.86. The number of esters is 1. The van der Waals surface area contributed by atoms with E-state index < -0.39 is 5.97 Å². The monoisotopic (exact) mass is 360 g/mol. The topological polar surface area (TPSA) is 78.6 Å². The summed E-state index contributed by atoms with van der Waals surface area (Å²) in [6.07, 6.45) is 0. The number of fused-ring (bicyclic) bond motifs is 1. The van der Waals surface area contributed by atoms with Crippen molar-refractivity contribution in [2.45, 2.75) is 13.8 Å². The Morgan fingerprint density at radius 2 is 2.04 bits per heavy atom. The lowest BCUT2D eigenvalue weighted by atomic mass is 10.1. The number of benzene rings is 1. The number of aromatic nitrogens is 4. The molecule has 0 N–H and O–H groups in total. The van der Waals surface area contributed by atoms with E-state index in [1.165, 1.54) is 7.11 Å². The fourth-order valence-corrected chi connectivity index (χ4v) is 2.76. The highest BCUT2D eigenvalue weighted by Gasteiger charge is 2.21. The molecular formula is C17H17ClN4O3. The van der Waals surface area contributed by atoms with E-state index >= 15 is 0 Å². The van der Waals surface area contributed by atoms with Crippen molar-refractivity contribution in [2.75, 3.05) is 20.3 Å². The van der Waals surface area contributed by atoms with Crippen molar-refractivity contribution < 1.29 is 14.3 Å². The quantitative estimate of drug-likeness (QED) is 0.514. The molecule has 3 rings (SSSR count). The van der Waals surface area contributed by atoms with E-state index in [0.717, 1.165) is 16.8 Å². The lowest BCUT2D eigenvalue weighted by molar-refractivity contribution is 0.0378. The third-order valence-electron chi connectivity index (χ3n) is 3.77. The largest absolute Gasteiger partial charge is 0.458 e. The number of hydrogen-bond donors (Lipinski definition) is 0. The van der Waals surface area contributed by atoms with Gasteiger partial charge in [0.1, 0.15) is 6.61 Å². The lowest BCUT2D eigenvalue weighted by Gasteiger charge is -2.07. The van der Waals surface area contributed by atoms with Crippen LogP contribution in [-0.4, -0.2) is 46.1 Å². The number of carbonyl (C=O) groups excluding carboxylic acids is 1. The number of halogens is 1. The Morgan fingerprint density at radius 3 is 2.76 bits per heavy atom. The summed E-state index contributed by atoms with van der Waals surface area (Å²) in [7, 11) is 1.54. The van der Waals surface area contributed by atoms with E-state index in [9.17, 15) is 4.79 Å². The van der Waals surface area contributed by atoms with Crippen LogP contribution in [0.3, 0.4) is 0 Å². The van der Waals surface area contributed by atoms with Gasteiger partial charge < -0.3 is 9.47 Å². The molecule has 0 bridgehead atoms. The molecule has 0 radical (unpaired) electrons. The zero-order valence-corrected chi connectivity index (χ0v) is 14.9. The van der Waals surface area contributed by atoms with Gasteiger partial charge in [-0.05, 0) is 31.5 Å². The van der Waals surface area contributed by atoms with E-state index in [-0.39, 0.29) is 12.3 Å². The number of carbonyl (C=O) groups is 1. The number of nitrogens with zero attached hydrogens (tertiary/aromatic N) is 4. The summed E-state index contributed by atoms with van der Waals surface area (Å²) in [5, 5.41) is 13.4. The van der Waals surface area contributed by atoms with E-state index in [4.69, 9.17) is 21.1 Å². The molecule has 0 atom stereocenters. The van der Waals surface area contributed by atoms with Gasteiger partial charge in [-0.15, -0.1) is 10.2 Å². The maximum absolute atomic E-state index is 12.2. The first-order valence-electron chi connectivity index (χ1n) is 7.67. The molecule has 0 aliphatic rings. The van der Waals surface area contributed by atoms with Crippen LogP contribution in [0, 0.1) is 13.8 Å². The second kappa shape index (κ2) is 7.16. The first-order valence-corrected chi connectivity index (χ1v) is 8.05. The van der Waals surface area contributed by atoms with Crippen molar-refractivity contribution in [1.29, 1.82) is 0 Å². The van der Waals surface area contributed by atoms with E-state index in [1.807, 2.05) is 25.1 Å². The molecule has 0 spiro atoms. The van der Waals surface area contributed by atoms with Crippen LogP contribution in [-0.2, 0) is 9.47 Å². The van der Waals surface area contributed by atoms with Crippen molar-refractivity contribution >= 4 is 23.2 Å². The number of methoxy groups -OCH3 is 1. The summed E-state index contributed by atoms with van der Waals surface area (Å²) < 4.78 is 11.6. The second-order valence-electron chi connectivity index (χ2n) is 5.47. The molecule has 0 amide bonds. The van der Waals surface area contributed by atoms with Crippen LogP contribution in [0.2, 0.25) is 5.02 Å². The SMILES string of the molecule is COCCOC(=O)c1nnc2c(-c3cccc(Cl)c3)c(C)nn2c1C. The van der Waals surface area contributed by atoms with Gasteiger partial charge in [0.25, 0.3) is 0 Å². The Bertz CT molecular complexity index is 939. The molecule has 0 aliphatic heterocycles. The van der Waals surface area contributed by atoms with Crippen molar-refractivity contribution in [3.8, 4) is 11.1 Å². The van der Waals surface area contributed by atoms with E-state index in [0.29, 0.717) is 23.0 Å². The minimum atomic E-state index is -0.554. The molecule has 2 heterocycles. The third kappa shape index (κ3) is 3.33. The van der Waals surface area contributed by atoms with Crippen LogP contribution in [0.5, 0.6) is 0 Å². The highest BCUT2D eigenvalue weighted by molar-refractivity contribution is 6.30. The smallest absolute Gasteiger partial charge is 0.360 e. The molecule has 0 saturated heterocycles. The Balaban J connectivity index is 2.05. The molecule has 0 aliphatic carbocycles. The van der Waals surface area contributed by atoms with Crippen LogP contribution in [0.25, 0.3) is 16.8 Å². The number of hydrogen-bond acceptors (Lipinski definition) is 6. The van der Waals surface area contributed by atoms with Gasteiger partial charge in [0, 0.05) is 12.1 Å². The minimum Gasteiger partial charge on any atom is -0.458 e. The van der Waals surface area contributed by atoms with Crippen LogP contribution in [0.1, 0.15) is 21.9 Å². The van der Waals surface area contributed by atoms with Gasteiger partial charge in [0.05, 0.1) is 23.6 Å². The van der Waals surface area contributed by atoms with Crippen LogP contribution in [0.4, 0.5) is 0 Å². The zero-order chi connectivity index (χ0) is 18.0. The fourth-order valence-electron chi connectivity index (χ4n) is 2.57. The molecule has 0 saturated carbocycles. The van der Waals surface area contributed by atoms with Gasteiger partial charge in [-0.2, -0.15) is 5.10 Å². The summed E-state index contributed by atoms with van der Waals surface area (Å²) >= 11 is 6.09. The molecule has 0 unspecified atom stereocenters. The summed E-state index contributed by atoms with van der Waals surface area (Å²) in [6, 6.07) is 7.44. The van der Waals surface area contributed by atoms with Crippen LogP contribution < -0.4 is 0 Å². The summed E-state index contributed by atoms with van der Waals surface area (Å²) in [5.41, 5.74) is 3.74. The maximum atomic E-state index is 12.2. The first kappa shape index (κ1) is 17.3. The Labute approximate surface area is 149 Å². The Morgan fingerprint density at radius 1 is 1.24 bits per heavy atom. The summed E-state index contributed by atoms with van der Waals surface area (Å²) in [4.78, 5) is 12.2. The van der Waals surface area contributed by atoms with Gasteiger partial charge in [-0.1, -0.05) is 23.7 Å². The molecule has 0 fully saturated rings. The highest BCUT2D eigenvalue weighted by Crippen LogP contribution is 2.29. The zero-order valence-electron chi connectivity index (χ0n) is 14.1. The van der Waals surface area contributed by atoms with Gasteiger partial charge in [-0.25, -0.2) is 9.31 Å². The summed E-state index contributed by atoms with van der Waals surface area (Å²) in [5.74, 6) is -0.554. The Hall–Kier alpha value is -2.51. The lowest BCUT2D eigenvalue weighted by Crippen LogP contribution is -2.16. The van der Waals surface area contributed by atoms with Crippen LogP contribution in [0.15, 0.2) is 24.3 Å². The van der Waals surface area contributed by atoms with Crippen molar-refractivity contribution in [2.24, 2.45) is 0 Å². The average Bonchev–Trinajstić information content (AvgIpc) is 2.92. The molecule has 8 heteroatoms. The van der Waals surface area contributed by atoms with Gasteiger partial charge >= 0.3 is 5.97 Å². The standard InChI is InChI=1S/C17H17ClN4O3/c1-10-14(12-5-4-6-13(18)9-12)16-20-19-15(11(2)22(16)21-10)17(23)25-8-7-24-3/h4-6,9H,7-8H2,1-3H3. The molecule has 7 nitrogen and oxygen atoms in total. The normalized spacial score (nSPS) is 11.0. The average molecular weight is 361 g/mol. The number of aryl methyl sites for hydroxylation is 2. The maximum Gasteiger partial charge on any atom is 0.360 e. The molecule has 1 aromatic carbocycles. The van der Waals surface area contributed by atoms with Crippen LogP contribution >= 0.6 is 11.6 Å². The van der Waals surface area contributed by atoms with Crippen molar-refractivity contribution in [1.82, 2.24) is 19.8 Å². The fraction of sp³-hybridized carbons (Fsp3) is 0.294. The molecule has 2 aromatic heterocycles. The van der Waals surface area contributed by atoms with E-state index in [2.05, 4.69) is 15.3 Å². The van der Waals surface area contributed by atoms with Gasteiger partial charge in [-0.3, -0.25) is 0 Å². The number of rotatable bonds is 5.